The number of methoxy groups -OCH3 is 1. The molecular weight excluding hydrogens is 228 g/mol. The van der Waals surface area contributed by atoms with E-state index >= 15 is 0 Å². The highest BCUT2D eigenvalue weighted by molar-refractivity contribution is 5.95. The number of nitrogens with one attached hydrogen (secondary N) is 2. The molecule has 1 saturated carbocycles. The van der Waals surface area contributed by atoms with Gasteiger partial charge in [-0.1, -0.05) is 0 Å². The van der Waals surface area contributed by atoms with E-state index < -0.39 is 0 Å². The first kappa shape index (κ1) is 11.5. The lowest BCUT2D eigenvalue weighted by atomic mass is 9.89. The number of anilines is 1. The highest BCUT2D eigenvalue weighted by atomic mass is 16.5. The van der Waals surface area contributed by atoms with Gasteiger partial charge >= 0.3 is 0 Å². The van der Waals surface area contributed by atoms with Crippen LogP contribution in [0.25, 0.3) is 0 Å². The van der Waals surface area contributed by atoms with Crippen LogP contribution in [-0.2, 0) is 11.2 Å². The van der Waals surface area contributed by atoms with Crippen LogP contribution in [0.3, 0.4) is 0 Å². The Bertz CT molecular complexity index is 467. The Hall–Kier alpha value is -1.55. The minimum Gasteiger partial charge on any atom is -0.384 e. The number of carbonyl (C=O) groups is 1. The van der Waals surface area contributed by atoms with Crippen LogP contribution in [-0.4, -0.2) is 31.7 Å². The molecular formula is C14H18N2O2. The largest absolute Gasteiger partial charge is 0.384 e. The van der Waals surface area contributed by atoms with Gasteiger partial charge in [0.15, 0.2) is 0 Å². The SMILES string of the molecule is COC1CC(NC(=O)c2ccc3c(c2)CCN3)C1. The summed E-state index contributed by atoms with van der Waals surface area (Å²) in [5, 5.41) is 6.34. The first-order chi connectivity index (χ1) is 8.76. The zero-order valence-corrected chi connectivity index (χ0v) is 10.5. The van der Waals surface area contributed by atoms with Crippen molar-refractivity contribution in [3.8, 4) is 0 Å². The molecule has 4 heteroatoms. The van der Waals surface area contributed by atoms with Gasteiger partial charge in [-0.05, 0) is 43.0 Å². The fraction of sp³-hybridized carbons (Fsp3) is 0.500. The molecule has 0 saturated heterocycles. The summed E-state index contributed by atoms with van der Waals surface area (Å²) in [4.78, 5) is 12.1. The van der Waals surface area contributed by atoms with E-state index in [4.69, 9.17) is 4.74 Å². The van der Waals surface area contributed by atoms with Crippen molar-refractivity contribution in [2.24, 2.45) is 0 Å². The molecule has 0 bridgehead atoms. The Balaban J connectivity index is 1.63. The number of amides is 1. The van der Waals surface area contributed by atoms with Crippen LogP contribution in [0.4, 0.5) is 5.69 Å². The molecule has 0 atom stereocenters. The molecule has 1 aliphatic carbocycles. The summed E-state index contributed by atoms with van der Waals surface area (Å²) in [5.41, 5.74) is 3.17. The average Bonchev–Trinajstić information content (AvgIpc) is 2.79. The van der Waals surface area contributed by atoms with Gasteiger partial charge in [-0.15, -0.1) is 0 Å². The summed E-state index contributed by atoms with van der Waals surface area (Å²) in [6.45, 7) is 0.971. The monoisotopic (exact) mass is 246 g/mol. The van der Waals surface area contributed by atoms with Crippen molar-refractivity contribution in [1.29, 1.82) is 0 Å². The van der Waals surface area contributed by atoms with Crippen LogP contribution in [0.2, 0.25) is 0 Å². The molecule has 2 aliphatic rings. The lowest BCUT2D eigenvalue weighted by Crippen LogP contribution is -2.47. The van der Waals surface area contributed by atoms with Crippen molar-refractivity contribution < 1.29 is 9.53 Å². The fourth-order valence-corrected chi connectivity index (χ4v) is 2.59. The molecule has 1 heterocycles. The van der Waals surface area contributed by atoms with Crippen molar-refractivity contribution in [2.75, 3.05) is 19.0 Å². The molecule has 1 aromatic carbocycles. The van der Waals surface area contributed by atoms with Gasteiger partial charge in [-0.3, -0.25) is 4.79 Å². The quantitative estimate of drug-likeness (QED) is 0.851. The summed E-state index contributed by atoms with van der Waals surface area (Å²) in [5.74, 6) is 0.0317. The second-order valence-corrected chi connectivity index (χ2v) is 5.05. The summed E-state index contributed by atoms with van der Waals surface area (Å²) in [6, 6.07) is 6.15. The maximum atomic E-state index is 12.1. The van der Waals surface area contributed by atoms with Crippen molar-refractivity contribution in [3.05, 3.63) is 29.3 Å². The molecule has 0 aromatic heterocycles. The third-order valence-corrected chi connectivity index (χ3v) is 3.84. The third kappa shape index (κ3) is 2.08. The van der Waals surface area contributed by atoms with Crippen LogP contribution in [0, 0.1) is 0 Å². The van der Waals surface area contributed by atoms with E-state index in [9.17, 15) is 4.79 Å². The van der Waals surface area contributed by atoms with E-state index in [0.717, 1.165) is 37.1 Å². The third-order valence-electron chi connectivity index (χ3n) is 3.84. The second-order valence-electron chi connectivity index (χ2n) is 5.05. The van der Waals surface area contributed by atoms with Gasteiger partial charge in [0.25, 0.3) is 5.91 Å². The lowest BCUT2D eigenvalue weighted by molar-refractivity contribution is 0.0176. The standard InChI is InChI=1S/C14H18N2O2/c1-18-12-7-11(8-12)16-14(17)10-2-3-13-9(6-10)4-5-15-13/h2-3,6,11-12,15H,4-5,7-8H2,1H3,(H,16,17). The molecule has 2 N–H and O–H groups in total. The molecule has 0 radical (unpaired) electrons. The van der Waals surface area contributed by atoms with Crippen LogP contribution in [0.5, 0.6) is 0 Å². The minimum absolute atomic E-state index is 0.0317. The lowest BCUT2D eigenvalue weighted by Gasteiger charge is -2.34. The van der Waals surface area contributed by atoms with Crippen molar-refractivity contribution >= 4 is 11.6 Å². The zero-order chi connectivity index (χ0) is 12.5. The normalized spacial score (nSPS) is 24.9. The van der Waals surface area contributed by atoms with Gasteiger partial charge < -0.3 is 15.4 Å². The maximum Gasteiger partial charge on any atom is 0.251 e. The molecule has 1 aromatic rings. The van der Waals surface area contributed by atoms with Crippen molar-refractivity contribution in [2.45, 2.75) is 31.4 Å². The first-order valence-corrected chi connectivity index (χ1v) is 6.46. The van der Waals surface area contributed by atoms with Gasteiger partial charge in [0, 0.05) is 30.9 Å². The number of benzene rings is 1. The Morgan fingerprint density at radius 3 is 3.06 bits per heavy atom. The molecule has 1 amide bonds. The number of ether oxygens (including phenoxy) is 1. The zero-order valence-electron chi connectivity index (χ0n) is 10.5. The summed E-state index contributed by atoms with van der Waals surface area (Å²) >= 11 is 0. The summed E-state index contributed by atoms with van der Waals surface area (Å²) in [6.07, 6.45) is 3.18. The molecule has 4 nitrogen and oxygen atoms in total. The smallest absolute Gasteiger partial charge is 0.251 e. The first-order valence-electron chi connectivity index (χ1n) is 6.46. The van der Waals surface area contributed by atoms with Crippen molar-refractivity contribution in [1.82, 2.24) is 5.32 Å². The van der Waals surface area contributed by atoms with Gasteiger partial charge in [-0.25, -0.2) is 0 Å². The second kappa shape index (κ2) is 4.61. The highest BCUT2D eigenvalue weighted by Gasteiger charge is 2.30. The predicted octanol–water partition coefficient (Wildman–Crippen LogP) is 1.56. The van der Waals surface area contributed by atoms with Crippen LogP contribution in [0.15, 0.2) is 18.2 Å². The number of rotatable bonds is 3. The number of hydrogen-bond acceptors (Lipinski definition) is 3. The molecule has 0 unspecified atom stereocenters. The van der Waals surface area contributed by atoms with Gasteiger partial charge in [0.1, 0.15) is 0 Å². The Morgan fingerprint density at radius 2 is 2.28 bits per heavy atom. The Labute approximate surface area is 107 Å². The maximum absolute atomic E-state index is 12.1. The number of hydrogen-bond donors (Lipinski definition) is 2. The van der Waals surface area contributed by atoms with Crippen LogP contribution >= 0.6 is 0 Å². The van der Waals surface area contributed by atoms with Crippen LogP contribution < -0.4 is 10.6 Å². The minimum atomic E-state index is 0.0317. The average molecular weight is 246 g/mol. The van der Waals surface area contributed by atoms with Gasteiger partial charge in [0.05, 0.1) is 6.10 Å². The highest BCUT2D eigenvalue weighted by Crippen LogP contribution is 2.25. The van der Waals surface area contributed by atoms with E-state index in [1.165, 1.54) is 5.56 Å². The molecule has 96 valence electrons. The Kier molecular flexibility index (Phi) is 2.96. The fourth-order valence-electron chi connectivity index (χ4n) is 2.59. The van der Waals surface area contributed by atoms with Crippen molar-refractivity contribution in [3.63, 3.8) is 0 Å². The van der Waals surface area contributed by atoms with E-state index in [1.807, 2.05) is 18.2 Å². The molecule has 1 aliphatic heterocycles. The molecule has 18 heavy (non-hydrogen) atoms. The topological polar surface area (TPSA) is 50.4 Å². The Morgan fingerprint density at radius 1 is 1.44 bits per heavy atom. The predicted molar refractivity (Wildman–Crippen MR) is 69.9 cm³/mol. The molecule has 3 rings (SSSR count). The van der Waals surface area contributed by atoms with Gasteiger partial charge in [0.2, 0.25) is 0 Å². The summed E-state index contributed by atoms with van der Waals surface area (Å²) < 4.78 is 5.20. The van der Waals surface area contributed by atoms with E-state index in [-0.39, 0.29) is 11.9 Å². The summed E-state index contributed by atoms with van der Waals surface area (Å²) in [7, 11) is 1.72. The van der Waals surface area contributed by atoms with E-state index in [2.05, 4.69) is 10.6 Å². The van der Waals surface area contributed by atoms with E-state index in [1.54, 1.807) is 7.11 Å². The van der Waals surface area contributed by atoms with Gasteiger partial charge in [-0.2, -0.15) is 0 Å². The molecule has 1 fully saturated rings. The number of fused-ring (bicyclic) bond motifs is 1. The van der Waals surface area contributed by atoms with E-state index in [0.29, 0.717) is 6.10 Å². The van der Waals surface area contributed by atoms with Crippen LogP contribution in [0.1, 0.15) is 28.8 Å². The number of carbonyl (C=O) groups excluding carboxylic acids is 1. The molecule has 0 spiro atoms.